The molecule has 2 aromatic rings. The molecule has 7 heteroatoms. The molecule has 30 heavy (non-hydrogen) atoms. The minimum Gasteiger partial charge on any atom is -0.455 e. The molecule has 0 unspecified atom stereocenters. The van der Waals surface area contributed by atoms with Crippen LogP contribution in [0.15, 0.2) is 40.9 Å². The van der Waals surface area contributed by atoms with Gasteiger partial charge in [-0.2, -0.15) is 0 Å². The van der Waals surface area contributed by atoms with E-state index in [1.54, 1.807) is 11.0 Å². The Kier molecular flexibility index (Phi) is 6.92. The number of halogens is 1. The van der Waals surface area contributed by atoms with E-state index in [1.807, 2.05) is 51.1 Å². The molecular weight excluding hydrogens is 448 g/mol. The number of esters is 1. The first-order chi connectivity index (χ1) is 14.3. The number of benzene rings is 2. The first kappa shape index (κ1) is 22.0. The number of carbonyl (C=O) groups excluding carboxylic acids is 3. The van der Waals surface area contributed by atoms with E-state index in [-0.39, 0.29) is 25.5 Å². The van der Waals surface area contributed by atoms with Gasteiger partial charge in [-0.3, -0.25) is 14.4 Å². The summed E-state index contributed by atoms with van der Waals surface area (Å²) in [7, 11) is 0. The van der Waals surface area contributed by atoms with Crippen molar-refractivity contribution in [2.45, 2.75) is 33.6 Å². The summed E-state index contributed by atoms with van der Waals surface area (Å²) in [5.74, 6) is -1.63. The molecule has 0 aliphatic carbocycles. The summed E-state index contributed by atoms with van der Waals surface area (Å²) < 4.78 is 6.13. The first-order valence-electron chi connectivity index (χ1n) is 9.91. The van der Waals surface area contributed by atoms with E-state index in [1.165, 1.54) is 0 Å². The molecule has 1 heterocycles. The van der Waals surface area contributed by atoms with Crippen molar-refractivity contribution in [1.82, 2.24) is 0 Å². The molecule has 0 bridgehead atoms. The van der Waals surface area contributed by atoms with E-state index in [0.717, 1.165) is 33.3 Å². The van der Waals surface area contributed by atoms with E-state index < -0.39 is 17.8 Å². The molecule has 1 N–H and O–H groups in total. The van der Waals surface area contributed by atoms with Crippen LogP contribution in [0.4, 0.5) is 11.4 Å². The number of anilines is 2. The van der Waals surface area contributed by atoms with Crippen molar-refractivity contribution in [3.8, 4) is 0 Å². The van der Waals surface area contributed by atoms with Crippen molar-refractivity contribution >= 4 is 45.1 Å². The van der Waals surface area contributed by atoms with Crippen LogP contribution in [-0.2, 0) is 25.5 Å². The van der Waals surface area contributed by atoms with Crippen LogP contribution in [0.5, 0.6) is 0 Å². The summed E-state index contributed by atoms with van der Waals surface area (Å²) in [6.07, 6.45) is 0.841. The minimum absolute atomic E-state index is 0.0834. The minimum atomic E-state index is -0.578. The Bertz CT molecular complexity index is 989. The average molecular weight is 473 g/mol. The second-order valence-corrected chi connectivity index (χ2v) is 8.40. The molecule has 1 aliphatic rings. The number of nitrogens with one attached hydrogen (secondary N) is 1. The first-order valence-corrected chi connectivity index (χ1v) is 10.7. The zero-order valence-corrected chi connectivity index (χ0v) is 18.9. The highest BCUT2D eigenvalue weighted by molar-refractivity contribution is 9.10. The molecule has 0 spiro atoms. The molecule has 3 rings (SSSR count). The topological polar surface area (TPSA) is 75.7 Å². The van der Waals surface area contributed by atoms with Gasteiger partial charge in [0.2, 0.25) is 5.91 Å². The SMILES string of the molecule is CCc1cc(Br)ccc1NC(=O)COC(=O)[C@H]1CC(=O)N(c2ccc(C)c(C)c2)C1. The van der Waals surface area contributed by atoms with Crippen molar-refractivity contribution < 1.29 is 19.1 Å². The Morgan fingerprint density at radius 2 is 1.93 bits per heavy atom. The Labute approximate surface area is 184 Å². The van der Waals surface area contributed by atoms with Crippen molar-refractivity contribution in [3.05, 3.63) is 57.6 Å². The Morgan fingerprint density at radius 1 is 1.17 bits per heavy atom. The standard InChI is InChI=1S/C23H25BrN2O4/c1-4-16-10-18(24)6-8-20(16)25-21(27)13-30-23(29)17-11-22(28)26(12-17)19-7-5-14(2)15(3)9-19/h5-10,17H,4,11-13H2,1-3H3,(H,25,27)/t17-/m0/s1. The van der Waals surface area contributed by atoms with Gasteiger partial charge in [-0.05, 0) is 67.3 Å². The molecule has 2 aromatic carbocycles. The van der Waals surface area contributed by atoms with Gasteiger partial charge in [0, 0.05) is 28.8 Å². The lowest BCUT2D eigenvalue weighted by Gasteiger charge is -2.18. The number of aryl methyl sites for hydroxylation is 3. The van der Waals surface area contributed by atoms with Gasteiger partial charge in [0.1, 0.15) is 0 Å². The molecule has 1 aliphatic heterocycles. The molecule has 2 amide bonds. The fourth-order valence-corrected chi connectivity index (χ4v) is 3.83. The van der Waals surface area contributed by atoms with E-state index in [0.29, 0.717) is 5.69 Å². The summed E-state index contributed by atoms with van der Waals surface area (Å²) in [5, 5.41) is 2.78. The zero-order chi connectivity index (χ0) is 21.8. The van der Waals surface area contributed by atoms with Crippen LogP contribution in [0.2, 0.25) is 0 Å². The lowest BCUT2D eigenvalue weighted by Crippen LogP contribution is -2.28. The van der Waals surface area contributed by atoms with Crippen LogP contribution in [0.25, 0.3) is 0 Å². The van der Waals surface area contributed by atoms with Crippen molar-refractivity contribution in [2.75, 3.05) is 23.4 Å². The maximum absolute atomic E-state index is 12.4. The number of hydrogen-bond donors (Lipinski definition) is 1. The van der Waals surface area contributed by atoms with E-state index in [9.17, 15) is 14.4 Å². The quantitative estimate of drug-likeness (QED) is 0.640. The van der Waals surface area contributed by atoms with Crippen LogP contribution >= 0.6 is 15.9 Å². The van der Waals surface area contributed by atoms with Crippen LogP contribution in [-0.4, -0.2) is 30.9 Å². The van der Waals surface area contributed by atoms with Gasteiger partial charge in [-0.1, -0.05) is 28.9 Å². The Hall–Kier alpha value is -2.67. The van der Waals surface area contributed by atoms with Gasteiger partial charge >= 0.3 is 5.97 Å². The molecule has 1 saturated heterocycles. The summed E-state index contributed by atoms with van der Waals surface area (Å²) in [6.45, 7) is 5.86. The maximum atomic E-state index is 12.4. The zero-order valence-electron chi connectivity index (χ0n) is 17.3. The van der Waals surface area contributed by atoms with Gasteiger partial charge in [0.05, 0.1) is 5.92 Å². The fourth-order valence-electron chi connectivity index (χ4n) is 3.43. The number of amides is 2. The average Bonchev–Trinajstić information content (AvgIpc) is 3.11. The number of carbonyl (C=O) groups is 3. The second-order valence-electron chi connectivity index (χ2n) is 7.48. The molecule has 0 radical (unpaired) electrons. The highest BCUT2D eigenvalue weighted by Gasteiger charge is 2.36. The molecule has 1 fully saturated rings. The smallest absolute Gasteiger partial charge is 0.311 e. The van der Waals surface area contributed by atoms with Gasteiger partial charge in [0.25, 0.3) is 5.91 Å². The Morgan fingerprint density at radius 3 is 2.63 bits per heavy atom. The van der Waals surface area contributed by atoms with E-state index in [4.69, 9.17) is 4.74 Å². The molecule has 6 nitrogen and oxygen atoms in total. The van der Waals surface area contributed by atoms with Gasteiger partial charge in [-0.15, -0.1) is 0 Å². The van der Waals surface area contributed by atoms with Gasteiger partial charge in [0.15, 0.2) is 6.61 Å². The van der Waals surface area contributed by atoms with Crippen molar-refractivity contribution in [2.24, 2.45) is 5.92 Å². The van der Waals surface area contributed by atoms with Crippen LogP contribution in [0, 0.1) is 19.8 Å². The third-order valence-electron chi connectivity index (χ3n) is 5.33. The fraction of sp³-hybridized carbons (Fsp3) is 0.348. The van der Waals surface area contributed by atoms with E-state index in [2.05, 4.69) is 21.2 Å². The summed E-state index contributed by atoms with van der Waals surface area (Å²) in [4.78, 5) is 38.7. The highest BCUT2D eigenvalue weighted by atomic mass is 79.9. The molecule has 158 valence electrons. The third-order valence-corrected chi connectivity index (χ3v) is 5.82. The van der Waals surface area contributed by atoms with Crippen LogP contribution in [0.3, 0.4) is 0 Å². The Balaban J connectivity index is 1.55. The monoisotopic (exact) mass is 472 g/mol. The number of nitrogens with zero attached hydrogens (tertiary/aromatic N) is 1. The van der Waals surface area contributed by atoms with E-state index >= 15 is 0 Å². The second kappa shape index (κ2) is 9.43. The molecular formula is C23H25BrN2O4. The lowest BCUT2D eigenvalue weighted by atomic mass is 10.1. The third kappa shape index (κ3) is 5.08. The lowest BCUT2D eigenvalue weighted by molar-refractivity contribution is -0.151. The van der Waals surface area contributed by atoms with Crippen molar-refractivity contribution in [3.63, 3.8) is 0 Å². The predicted octanol–water partition coefficient (Wildman–Crippen LogP) is 4.16. The van der Waals surface area contributed by atoms with Gasteiger partial charge in [-0.25, -0.2) is 0 Å². The number of rotatable bonds is 6. The predicted molar refractivity (Wildman–Crippen MR) is 119 cm³/mol. The van der Waals surface area contributed by atoms with Crippen molar-refractivity contribution in [1.29, 1.82) is 0 Å². The van der Waals surface area contributed by atoms with Crippen LogP contribution in [0.1, 0.15) is 30.0 Å². The number of hydrogen-bond acceptors (Lipinski definition) is 4. The molecule has 0 saturated carbocycles. The molecule has 1 atom stereocenters. The van der Waals surface area contributed by atoms with Gasteiger partial charge < -0.3 is 15.0 Å². The highest BCUT2D eigenvalue weighted by Crippen LogP contribution is 2.27. The molecule has 0 aromatic heterocycles. The number of ether oxygens (including phenoxy) is 1. The largest absolute Gasteiger partial charge is 0.455 e. The summed E-state index contributed by atoms with van der Waals surface area (Å²) >= 11 is 3.41. The maximum Gasteiger partial charge on any atom is 0.311 e. The van der Waals surface area contributed by atoms with Crippen LogP contribution < -0.4 is 10.2 Å². The summed E-state index contributed by atoms with van der Waals surface area (Å²) in [5.41, 5.74) is 4.68. The normalized spacial score (nSPS) is 15.9. The summed E-state index contributed by atoms with van der Waals surface area (Å²) in [6, 6.07) is 11.4.